The van der Waals surface area contributed by atoms with Crippen molar-refractivity contribution in [1.29, 1.82) is 0 Å². The molecule has 2 nitrogen and oxygen atoms in total. The Bertz CT molecular complexity index is 4510. The minimum Gasteiger partial charge on any atom is -0.289 e. The van der Waals surface area contributed by atoms with Crippen LogP contribution in [0, 0.1) is 0 Å². The molecular weight excluding hydrogens is 897 g/mol. The summed E-state index contributed by atoms with van der Waals surface area (Å²) >= 11 is 0. The molecule has 0 aromatic heterocycles. The summed E-state index contributed by atoms with van der Waals surface area (Å²) in [7, 11) is 0. The third-order valence-electron chi connectivity index (χ3n) is 16.3. The van der Waals surface area contributed by atoms with Gasteiger partial charge in [-0.25, -0.2) is 0 Å². The predicted octanol–water partition coefficient (Wildman–Crippen LogP) is 18.8. The first-order chi connectivity index (χ1) is 36.7. The molecule has 2 heteroatoms. The molecule has 0 radical (unpaired) electrons. The Kier molecular flexibility index (Phi) is 8.50. The number of rotatable bonds is 4. The Labute approximate surface area is 426 Å². The van der Waals surface area contributed by atoms with Crippen molar-refractivity contribution in [2.45, 2.75) is 0 Å². The minimum atomic E-state index is -0.0474. The summed E-state index contributed by atoms with van der Waals surface area (Å²) in [6.07, 6.45) is 0. The Hall–Kier alpha value is -9.76. The van der Waals surface area contributed by atoms with Crippen LogP contribution in [-0.2, 0) is 0 Å². The highest BCUT2D eigenvalue weighted by Crippen LogP contribution is 2.59. The number of hydrogen-bond acceptors (Lipinski definition) is 2. The van der Waals surface area contributed by atoms with Gasteiger partial charge < -0.3 is 0 Å². The maximum absolute atomic E-state index is 16.5. The second-order valence-corrected chi connectivity index (χ2v) is 19.9. The lowest BCUT2D eigenvalue weighted by molar-refractivity contribution is 0.103. The molecule has 16 rings (SSSR count). The van der Waals surface area contributed by atoms with Crippen LogP contribution < -0.4 is 0 Å². The molecule has 0 saturated carbocycles. The summed E-state index contributed by atoms with van der Waals surface area (Å²) < 4.78 is 0. The van der Waals surface area contributed by atoms with Crippen LogP contribution in [0.25, 0.3) is 142 Å². The number of ketones is 2. The number of benzene rings is 14. The SMILES string of the molecule is O=C1c2c(c(-c3ccccc3)c3c4ccccc4c4ccccc4c3c2-c2ccccc2)-c2ccc3c4c(ccc1c24)C(=O)c1c-3c(-c2ccccc2)c2c3ccccc3c3ccccc3c2c1-c1ccccc1. The lowest BCUT2D eigenvalue weighted by Gasteiger charge is -2.32. The zero-order valence-electron chi connectivity index (χ0n) is 39.9. The van der Waals surface area contributed by atoms with Crippen LogP contribution in [0.2, 0.25) is 0 Å². The topological polar surface area (TPSA) is 34.1 Å². The minimum absolute atomic E-state index is 0.0474. The van der Waals surface area contributed by atoms with Gasteiger partial charge in [-0.1, -0.05) is 231 Å². The van der Waals surface area contributed by atoms with Gasteiger partial charge in [0.25, 0.3) is 0 Å². The van der Waals surface area contributed by atoms with Crippen molar-refractivity contribution in [3.8, 4) is 66.8 Å². The molecule has 0 bridgehead atoms. The van der Waals surface area contributed by atoms with Crippen molar-refractivity contribution in [2.24, 2.45) is 0 Å². The molecular formula is C72H40O2. The summed E-state index contributed by atoms with van der Waals surface area (Å²) in [5, 5.41) is 15.0. The molecule has 0 atom stereocenters. The van der Waals surface area contributed by atoms with E-state index in [-0.39, 0.29) is 11.6 Å². The van der Waals surface area contributed by atoms with E-state index in [2.05, 4.69) is 218 Å². The van der Waals surface area contributed by atoms with Crippen molar-refractivity contribution < 1.29 is 9.59 Å². The standard InChI is InChI=1S/C72H40O2/c73-71-55-39-40-56-62-54(68-58(42-23-7-2-8-24-42)64-50-34-18-14-30-46(50)48-32-16-20-36-52(48)66(64)60(70(68)72(56)74)44-27-11-4-12-28-44)38-37-53(61(55)62)67-57(41-21-5-1-6-22-41)63-49-33-17-13-29-45(49)47-31-15-19-35-51(47)65(63)59(69(67)71)43-25-9-3-10-26-43/h1-40H. The van der Waals surface area contributed by atoms with Gasteiger partial charge in [0, 0.05) is 55.3 Å². The first kappa shape index (κ1) is 40.9. The predicted molar refractivity (Wildman–Crippen MR) is 308 cm³/mol. The second-order valence-electron chi connectivity index (χ2n) is 19.9. The van der Waals surface area contributed by atoms with Crippen LogP contribution in [0.15, 0.2) is 243 Å². The summed E-state index contributed by atoms with van der Waals surface area (Å²) in [6, 6.07) is 85.4. The average molecular weight is 937 g/mol. The Morgan fingerprint density at radius 1 is 0.162 bits per heavy atom. The lowest BCUT2D eigenvalue weighted by atomic mass is 9.68. The number of carbonyl (C=O) groups excluding carboxylic acids is 2. The lowest BCUT2D eigenvalue weighted by Crippen LogP contribution is -2.18. The first-order valence-corrected chi connectivity index (χ1v) is 25.4. The van der Waals surface area contributed by atoms with E-state index in [1.54, 1.807) is 0 Å². The Balaban J connectivity index is 1.14. The molecule has 14 aromatic rings. The highest BCUT2D eigenvalue weighted by molar-refractivity contribution is 6.44. The molecule has 0 fully saturated rings. The fourth-order valence-corrected chi connectivity index (χ4v) is 13.4. The van der Waals surface area contributed by atoms with Gasteiger partial charge in [-0.05, 0) is 121 Å². The summed E-state index contributed by atoms with van der Waals surface area (Å²) in [6.45, 7) is 0. The van der Waals surface area contributed by atoms with Gasteiger partial charge in [-0.2, -0.15) is 0 Å². The molecule has 0 amide bonds. The molecule has 0 spiro atoms. The van der Waals surface area contributed by atoms with Crippen molar-refractivity contribution >= 4 is 87.0 Å². The van der Waals surface area contributed by atoms with Gasteiger partial charge in [-0.15, -0.1) is 0 Å². The van der Waals surface area contributed by atoms with Crippen molar-refractivity contribution in [3.63, 3.8) is 0 Å². The smallest absolute Gasteiger partial charge is 0.194 e. The van der Waals surface area contributed by atoms with Crippen LogP contribution in [0.1, 0.15) is 31.8 Å². The van der Waals surface area contributed by atoms with Crippen LogP contribution >= 0.6 is 0 Å². The van der Waals surface area contributed by atoms with E-state index in [1.807, 2.05) is 24.3 Å². The summed E-state index contributed by atoms with van der Waals surface area (Å²) in [5.74, 6) is -0.0947. The van der Waals surface area contributed by atoms with Crippen molar-refractivity contribution in [1.82, 2.24) is 0 Å². The normalized spacial score (nSPS) is 12.6. The van der Waals surface area contributed by atoms with Gasteiger partial charge >= 0.3 is 0 Å². The van der Waals surface area contributed by atoms with E-state index in [0.29, 0.717) is 22.3 Å². The molecule has 0 heterocycles. The molecule has 0 saturated heterocycles. The molecule has 2 aliphatic carbocycles. The summed E-state index contributed by atoms with van der Waals surface area (Å²) in [5.41, 5.74) is 14.1. The molecule has 2 aliphatic rings. The van der Waals surface area contributed by atoms with Crippen LogP contribution in [0.3, 0.4) is 0 Å². The number of hydrogen-bond donors (Lipinski definition) is 0. The Morgan fingerprint density at radius 2 is 0.378 bits per heavy atom. The molecule has 340 valence electrons. The van der Waals surface area contributed by atoms with E-state index >= 15 is 9.59 Å². The van der Waals surface area contributed by atoms with Crippen LogP contribution in [-0.4, -0.2) is 11.6 Å². The Morgan fingerprint density at radius 3 is 0.649 bits per heavy atom. The molecule has 0 unspecified atom stereocenters. The quantitative estimate of drug-likeness (QED) is 0.165. The van der Waals surface area contributed by atoms with E-state index < -0.39 is 0 Å². The monoisotopic (exact) mass is 936 g/mol. The fourth-order valence-electron chi connectivity index (χ4n) is 13.4. The van der Waals surface area contributed by atoms with Crippen LogP contribution in [0.5, 0.6) is 0 Å². The van der Waals surface area contributed by atoms with Gasteiger partial charge in [0.2, 0.25) is 0 Å². The number of carbonyl (C=O) groups is 2. The highest BCUT2D eigenvalue weighted by atomic mass is 16.1. The van der Waals surface area contributed by atoms with E-state index in [9.17, 15) is 0 Å². The van der Waals surface area contributed by atoms with Gasteiger partial charge in [0.15, 0.2) is 11.6 Å². The second kappa shape index (κ2) is 15.4. The fraction of sp³-hybridized carbons (Fsp3) is 0. The molecule has 0 N–H and O–H groups in total. The van der Waals surface area contributed by atoms with Gasteiger partial charge in [-0.3, -0.25) is 9.59 Å². The third-order valence-corrected chi connectivity index (χ3v) is 16.3. The maximum atomic E-state index is 16.5. The molecule has 0 aliphatic heterocycles. The third kappa shape index (κ3) is 5.38. The van der Waals surface area contributed by atoms with Gasteiger partial charge in [0.05, 0.1) is 0 Å². The van der Waals surface area contributed by atoms with Crippen molar-refractivity contribution in [2.75, 3.05) is 0 Å². The first-order valence-electron chi connectivity index (χ1n) is 25.4. The van der Waals surface area contributed by atoms with E-state index in [4.69, 9.17) is 0 Å². The maximum Gasteiger partial charge on any atom is 0.194 e. The number of fused-ring (bicyclic) bond motifs is 16. The molecule has 14 aromatic carbocycles. The van der Waals surface area contributed by atoms with Crippen LogP contribution in [0.4, 0.5) is 0 Å². The van der Waals surface area contributed by atoms with Crippen molar-refractivity contribution in [3.05, 3.63) is 265 Å². The molecule has 74 heavy (non-hydrogen) atoms. The van der Waals surface area contributed by atoms with Gasteiger partial charge in [0.1, 0.15) is 0 Å². The van der Waals surface area contributed by atoms with E-state index in [0.717, 1.165) is 142 Å². The largest absolute Gasteiger partial charge is 0.289 e. The summed E-state index contributed by atoms with van der Waals surface area (Å²) in [4.78, 5) is 32.9. The average Bonchev–Trinajstić information content (AvgIpc) is 3.61. The highest BCUT2D eigenvalue weighted by Gasteiger charge is 2.40. The van der Waals surface area contributed by atoms with E-state index in [1.165, 1.54) is 0 Å². The zero-order valence-corrected chi connectivity index (χ0v) is 39.9. The zero-order chi connectivity index (χ0) is 48.8.